The molecular weight excluding hydrogens is 367 g/mol. The summed E-state index contributed by atoms with van der Waals surface area (Å²) >= 11 is 1.28. The summed E-state index contributed by atoms with van der Waals surface area (Å²) in [6, 6.07) is 18.7. The third-order valence-corrected chi connectivity index (χ3v) is 6.25. The molecule has 1 aliphatic heterocycles. The molecule has 1 saturated heterocycles. The third-order valence-electron chi connectivity index (χ3n) is 5.37. The Morgan fingerprint density at radius 1 is 0.929 bits per heavy atom. The van der Waals surface area contributed by atoms with E-state index in [-0.39, 0.29) is 5.12 Å². The average molecular weight is 394 g/mol. The van der Waals surface area contributed by atoms with Crippen LogP contribution in [0.25, 0.3) is 17.2 Å². The molecule has 5 heteroatoms. The number of benzene rings is 2. The molecule has 0 atom stereocenters. The minimum atomic E-state index is -0.453. The van der Waals surface area contributed by atoms with E-state index in [1.54, 1.807) is 6.92 Å². The SMILES string of the molecule is CC(=O)SCC(=Cc1ccc(-c2ccccc2)cc1)B1OC(C)(C)C(C)(C)O1. The van der Waals surface area contributed by atoms with Crippen LogP contribution in [0.4, 0.5) is 0 Å². The van der Waals surface area contributed by atoms with E-state index in [0.717, 1.165) is 11.0 Å². The van der Waals surface area contributed by atoms with E-state index in [4.69, 9.17) is 9.31 Å². The second-order valence-corrected chi connectivity index (χ2v) is 9.23. The highest BCUT2D eigenvalue weighted by Crippen LogP contribution is 2.39. The molecule has 0 unspecified atom stereocenters. The topological polar surface area (TPSA) is 35.5 Å². The number of hydrogen-bond donors (Lipinski definition) is 0. The molecule has 0 aliphatic carbocycles. The van der Waals surface area contributed by atoms with Gasteiger partial charge in [-0.1, -0.05) is 72.4 Å². The summed E-state index contributed by atoms with van der Waals surface area (Å²) in [6.07, 6.45) is 2.08. The van der Waals surface area contributed by atoms with Crippen molar-refractivity contribution in [3.63, 3.8) is 0 Å². The van der Waals surface area contributed by atoms with Crippen molar-refractivity contribution in [2.75, 3.05) is 5.75 Å². The van der Waals surface area contributed by atoms with Crippen LogP contribution in [0.5, 0.6) is 0 Å². The van der Waals surface area contributed by atoms with Gasteiger partial charge in [0.2, 0.25) is 0 Å². The molecule has 0 radical (unpaired) electrons. The molecule has 3 nitrogen and oxygen atoms in total. The lowest BCUT2D eigenvalue weighted by atomic mass is 9.78. The monoisotopic (exact) mass is 394 g/mol. The largest absolute Gasteiger partial charge is 0.491 e. The van der Waals surface area contributed by atoms with Gasteiger partial charge in [0.1, 0.15) is 0 Å². The van der Waals surface area contributed by atoms with Gasteiger partial charge in [0.15, 0.2) is 5.12 Å². The van der Waals surface area contributed by atoms with Crippen molar-refractivity contribution in [3.05, 3.63) is 65.6 Å². The van der Waals surface area contributed by atoms with Gasteiger partial charge in [0, 0.05) is 12.7 Å². The van der Waals surface area contributed by atoms with Crippen LogP contribution in [0.3, 0.4) is 0 Å². The molecule has 1 heterocycles. The standard InChI is InChI=1S/C23H27BO3S/c1-17(25)28-16-21(24-26-22(2,3)23(4,5)27-24)15-18-11-13-20(14-12-18)19-9-7-6-8-10-19/h6-15H,16H2,1-5H3. The Labute approximate surface area is 172 Å². The lowest BCUT2D eigenvalue weighted by molar-refractivity contribution is -0.109. The fourth-order valence-electron chi connectivity index (χ4n) is 2.97. The van der Waals surface area contributed by atoms with Crippen LogP contribution < -0.4 is 0 Å². The smallest absolute Gasteiger partial charge is 0.400 e. The second kappa shape index (κ2) is 8.28. The van der Waals surface area contributed by atoms with Crippen LogP contribution in [-0.4, -0.2) is 29.2 Å². The molecule has 0 aromatic heterocycles. The first-order chi connectivity index (χ1) is 13.2. The normalized spacial score (nSPS) is 18.3. The van der Waals surface area contributed by atoms with Gasteiger partial charge in [0.25, 0.3) is 0 Å². The Bertz CT molecular complexity index is 841. The van der Waals surface area contributed by atoms with E-state index in [1.807, 2.05) is 45.9 Å². The van der Waals surface area contributed by atoms with E-state index in [0.29, 0.717) is 5.75 Å². The molecule has 146 valence electrons. The van der Waals surface area contributed by atoms with Crippen molar-refractivity contribution >= 4 is 30.1 Å². The van der Waals surface area contributed by atoms with E-state index >= 15 is 0 Å². The predicted molar refractivity (Wildman–Crippen MR) is 119 cm³/mol. The minimum Gasteiger partial charge on any atom is -0.400 e. The molecule has 1 fully saturated rings. The minimum absolute atomic E-state index is 0.0850. The Hall–Kier alpha value is -1.82. The molecule has 0 amide bonds. The average Bonchev–Trinajstić information content (AvgIpc) is 2.87. The summed E-state index contributed by atoms with van der Waals surface area (Å²) in [5.41, 5.74) is 3.58. The van der Waals surface area contributed by atoms with Crippen LogP contribution in [0.1, 0.15) is 40.2 Å². The Kier molecular flexibility index (Phi) is 6.18. The number of rotatable bonds is 5. The Morgan fingerprint density at radius 3 is 2.00 bits per heavy atom. The number of carbonyl (C=O) groups excluding carboxylic acids is 1. The maximum absolute atomic E-state index is 11.5. The first kappa shape index (κ1) is 20.9. The first-order valence-electron chi connectivity index (χ1n) is 9.53. The second-order valence-electron chi connectivity index (χ2n) is 8.08. The lowest BCUT2D eigenvalue weighted by Gasteiger charge is -2.32. The summed E-state index contributed by atoms with van der Waals surface area (Å²) in [5, 5.41) is 0.0850. The molecule has 0 bridgehead atoms. The van der Waals surface area contributed by atoms with Crippen molar-refractivity contribution in [1.29, 1.82) is 0 Å². The van der Waals surface area contributed by atoms with E-state index in [9.17, 15) is 4.79 Å². The molecule has 2 aromatic carbocycles. The predicted octanol–water partition coefficient (Wildman–Crippen LogP) is 5.65. The van der Waals surface area contributed by atoms with Crippen molar-refractivity contribution in [3.8, 4) is 11.1 Å². The molecule has 28 heavy (non-hydrogen) atoms. The summed E-state index contributed by atoms with van der Waals surface area (Å²) in [6.45, 7) is 9.74. The zero-order valence-electron chi connectivity index (χ0n) is 17.2. The maximum atomic E-state index is 11.5. The zero-order valence-corrected chi connectivity index (χ0v) is 18.0. The molecule has 0 spiro atoms. The third kappa shape index (κ3) is 4.77. The van der Waals surface area contributed by atoms with Gasteiger partial charge in [-0.05, 0) is 49.9 Å². The van der Waals surface area contributed by atoms with Crippen LogP contribution in [0.15, 0.2) is 60.1 Å². The van der Waals surface area contributed by atoms with Gasteiger partial charge >= 0.3 is 7.12 Å². The van der Waals surface area contributed by atoms with Gasteiger partial charge in [-0.15, -0.1) is 0 Å². The van der Waals surface area contributed by atoms with Gasteiger partial charge < -0.3 is 9.31 Å². The summed E-state index contributed by atoms with van der Waals surface area (Å²) in [7, 11) is -0.453. The maximum Gasteiger partial charge on any atom is 0.491 e. The summed E-state index contributed by atoms with van der Waals surface area (Å²) < 4.78 is 12.4. The molecule has 0 saturated carbocycles. The highest BCUT2D eigenvalue weighted by molar-refractivity contribution is 8.13. The van der Waals surface area contributed by atoms with Gasteiger partial charge in [-0.25, -0.2) is 0 Å². The summed E-state index contributed by atoms with van der Waals surface area (Å²) in [4.78, 5) is 11.5. The van der Waals surface area contributed by atoms with Crippen LogP contribution in [0.2, 0.25) is 0 Å². The highest BCUT2D eigenvalue weighted by atomic mass is 32.2. The van der Waals surface area contributed by atoms with E-state index in [1.165, 1.54) is 22.9 Å². The van der Waals surface area contributed by atoms with Crippen molar-refractivity contribution in [2.24, 2.45) is 0 Å². The molecule has 2 aromatic rings. The van der Waals surface area contributed by atoms with Gasteiger partial charge in [-0.3, -0.25) is 4.79 Å². The molecule has 0 N–H and O–H groups in total. The molecule has 3 rings (SSSR count). The first-order valence-corrected chi connectivity index (χ1v) is 10.5. The van der Waals surface area contributed by atoms with Crippen LogP contribution in [-0.2, 0) is 14.1 Å². The highest BCUT2D eigenvalue weighted by Gasteiger charge is 2.52. The zero-order chi connectivity index (χ0) is 20.4. The van der Waals surface area contributed by atoms with Crippen molar-refractivity contribution < 1.29 is 14.1 Å². The number of hydrogen-bond acceptors (Lipinski definition) is 4. The number of thioether (sulfide) groups is 1. The Balaban J connectivity index is 1.86. The van der Waals surface area contributed by atoms with E-state index in [2.05, 4.69) is 42.5 Å². The summed E-state index contributed by atoms with van der Waals surface area (Å²) in [5.74, 6) is 0.548. The van der Waals surface area contributed by atoms with Crippen molar-refractivity contribution in [2.45, 2.75) is 45.8 Å². The van der Waals surface area contributed by atoms with Crippen LogP contribution >= 0.6 is 11.8 Å². The fourth-order valence-corrected chi connectivity index (χ4v) is 3.56. The van der Waals surface area contributed by atoms with Gasteiger partial charge in [0.05, 0.1) is 11.2 Å². The quantitative estimate of drug-likeness (QED) is 0.614. The lowest BCUT2D eigenvalue weighted by Crippen LogP contribution is -2.41. The fraction of sp³-hybridized carbons (Fsp3) is 0.348. The van der Waals surface area contributed by atoms with Gasteiger partial charge in [-0.2, -0.15) is 0 Å². The van der Waals surface area contributed by atoms with Crippen LogP contribution in [0, 0.1) is 0 Å². The Morgan fingerprint density at radius 2 is 1.46 bits per heavy atom. The van der Waals surface area contributed by atoms with E-state index < -0.39 is 18.3 Å². The number of carbonyl (C=O) groups is 1. The molecular formula is C23H27BO3S. The van der Waals surface area contributed by atoms with Crippen molar-refractivity contribution in [1.82, 2.24) is 0 Å². The molecule has 1 aliphatic rings.